The van der Waals surface area contributed by atoms with Gasteiger partial charge < -0.3 is 9.47 Å². The van der Waals surface area contributed by atoms with E-state index in [0.29, 0.717) is 41.4 Å². The molecule has 4 nitrogen and oxygen atoms in total. The Morgan fingerprint density at radius 3 is 2.19 bits per heavy atom. The molecule has 0 N–H and O–H groups in total. The molecule has 0 amide bonds. The van der Waals surface area contributed by atoms with Crippen molar-refractivity contribution in [3.63, 3.8) is 0 Å². The van der Waals surface area contributed by atoms with Gasteiger partial charge in [-0.15, -0.1) is 0 Å². The molecular formula is C17H12O4. The summed E-state index contributed by atoms with van der Waals surface area (Å²) in [6, 6.07) is 12.3. The van der Waals surface area contributed by atoms with Crippen molar-refractivity contribution in [3.05, 3.63) is 59.2 Å². The molecule has 2 aromatic rings. The van der Waals surface area contributed by atoms with Crippen molar-refractivity contribution in [2.45, 2.75) is 5.92 Å². The topological polar surface area (TPSA) is 52.6 Å². The predicted octanol–water partition coefficient (Wildman–Crippen LogP) is 2.62. The lowest BCUT2D eigenvalue weighted by atomic mass is 9.93. The number of benzene rings is 2. The summed E-state index contributed by atoms with van der Waals surface area (Å²) in [5, 5.41) is 0. The SMILES string of the molecule is O=C1c2ccccc2C(=O)C1c1cccc2c1OCCO2. The molecule has 0 saturated heterocycles. The maximum atomic E-state index is 12.6. The van der Waals surface area contributed by atoms with E-state index in [9.17, 15) is 9.59 Å². The lowest BCUT2D eigenvalue weighted by Crippen LogP contribution is -2.20. The smallest absolute Gasteiger partial charge is 0.178 e. The Bertz CT molecular complexity index is 728. The number of carbonyl (C=O) groups is 2. The van der Waals surface area contributed by atoms with Gasteiger partial charge in [0.05, 0.1) is 0 Å². The van der Waals surface area contributed by atoms with E-state index in [1.54, 1.807) is 42.5 Å². The molecule has 1 aliphatic carbocycles. The predicted molar refractivity (Wildman–Crippen MR) is 75.3 cm³/mol. The maximum Gasteiger partial charge on any atom is 0.178 e. The van der Waals surface area contributed by atoms with Gasteiger partial charge in [-0.3, -0.25) is 9.59 Å². The second-order valence-corrected chi connectivity index (χ2v) is 5.08. The number of hydrogen-bond acceptors (Lipinski definition) is 4. The van der Waals surface area contributed by atoms with Gasteiger partial charge in [0.2, 0.25) is 0 Å². The van der Waals surface area contributed by atoms with Gasteiger partial charge >= 0.3 is 0 Å². The lowest BCUT2D eigenvalue weighted by molar-refractivity contribution is 0.0885. The summed E-state index contributed by atoms with van der Waals surface area (Å²) < 4.78 is 11.2. The number of para-hydroxylation sites is 1. The Morgan fingerprint density at radius 1 is 0.810 bits per heavy atom. The van der Waals surface area contributed by atoms with E-state index >= 15 is 0 Å². The van der Waals surface area contributed by atoms with Crippen LogP contribution in [0.15, 0.2) is 42.5 Å². The third-order valence-electron chi connectivity index (χ3n) is 3.89. The fourth-order valence-electron chi connectivity index (χ4n) is 2.95. The summed E-state index contributed by atoms with van der Waals surface area (Å²) in [5.41, 5.74) is 1.57. The lowest BCUT2D eigenvalue weighted by Gasteiger charge is -2.22. The molecule has 1 heterocycles. The van der Waals surface area contributed by atoms with Crippen molar-refractivity contribution in [1.82, 2.24) is 0 Å². The van der Waals surface area contributed by atoms with Crippen molar-refractivity contribution < 1.29 is 19.1 Å². The van der Waals surface area contributed by atoms with Gasteiger partial charge in [-0.1, -0.05) is 36.4 Å². The number of ether oxygens (including phenoxy) is 2. The number of carbonyl (C=O) groups excluding carboxylic acids is 2. The van der Waals surface area contributed by atoms with Crippen LogP contribution in [-0.4, -0.2) is 24.8 Å². The zero-order valence-corrected chi connectivity index (χ0v) is 11.2. The van der Waals surface area contributed by atoms with E-state index in [0.717, 1.165) is 0 Å². The highest BCUT2D eigenvalue weighted by Gasteiger charge is 2.41. The molecule has 0 unspecified atom stereocenters. The maximum absolute atomic E-state index is 12.6. The van der Waals surface area contributed by atoms with Crippen LogP contribution in [0, 0.1) is 0 Å². The van der Waals surface area contributed by atoms with Gasteiger partial charge in [0, 0.05) is 16.7 Å². The minimum atomic E-state index is -0.820. The molecule has 2 aliphatic rings. The van der Waals surface area contributed by atoms with Crippen LogP contribution in [0.1, 0.15) is 32.2 Å². The van der Waals surface area contributed by atoms with Crippen molar-refractivity contribution in [3.8, 4) is 11.5 Å². The van der Waals surface area contributed by atoms with Crippen molar-refractivity contribution in [2.75, 3.05) is 13.2 Å². The molecule has 4 rings (SSSR count). The summed E-state index contributed by atoms with van der Waals surface area (Å²) >= 11 is 0. The molecule has 0 radical (unpaired) electrons. The fourth-order valence-corrected chi connectivity index (χ4v) is 2.95. The van der Waals surface area contributed by atoms with Gasteiger partial charge in [-0.05, 0) is 6.07 Å². The van der Waals surface area contributed by atoms with Gasteiger partial charge in [0.15, 0.2) is 23.1 Å². The summed E-state index contributed by atoms with van der Waals surface area (Å²) in [6.07, 6.45) is 0. The van der Waals surface area contributed by atoms with Crippen LogP contribution in [-0.2, 0) is 0 Å². The molecule has 0 saturated carbocycles. The Morgan fingerprint density at radius 2 is 1.48 bits per heavy atom. The van der Waals surface area contributed by atoms with Crippen molar-refractivity contribution in [1.29, 1.82) is 0 Å². The molecule has 0 aromatic heterocycles. The average molecular weight is 280 g/mol. The van der Waals surface area contributed by atoms with E-state index < -0.39 is 5.92 Å². The summed E-state index contributed by atoms with van der Waals surface area (Å²) in [7, 11) is 0. The molecule has 2 aromatic carbocycles. The first kappa shape index (κ1) is 12.1. The van der Waals surface area contributed by atoms with Crippen molar-refractivity contribution in [2.24, 2.45) is 0 Å². The zero-order chi connectivity index (χ0) is 14.4. The molecule has 0 bridgehead atoms. The number of ketones is 2. The molecule has 0 spiro atoms. The van der Waals surface area contributed by atoms with E-state index in [4.69, 9.17) is 9.47 Å². The Balaban J connectivity index is 1.86. The van der Waals surface area contributed by atoms with Gasteiger partial charge in [-0.2, -0.15) is 0 Å². The summed E-state index contributed by atoms with van der Waals surface area (Å²) in [6.45, 7) is 0.898. The number of Topliss-reactive ketones (excluding diaryl/α,β-unsaturated/α-hetero) is 2. The second-order valence-electron chi connectivity index (χ2n) is 5.08. The molecule has 1 aliphatic heterocycles. The highest BCUT2D eigenvalue weighted by molar-refractivity contribution is 6.29. The first-order valence-corrected chi connectivity index (χ1v) is 6.83. The third-order valence-corrected chi connectivity index (χ3v) is 3.89. The number of rotatable bonds is 1. The minimum absolute atomic E-state index is 0.168. The van der Waals surface area contributed by atoms with Crippen LogP contribution < -0.4 is 9.47 Å². The van der Waals surface area contributed by atoms with Crippen LogP contribution in [0.3, 0.4) is 0 Å². The average Bonchev–Trinajstić information content (AvgIpc) is 2.79. The monoisotopic (exact) mass is 280 g/mol. The summed E-state index contributed by atoms with van der Waals surface area (Å²) in [4.78, 5) is 25.2. The first-order valence-electron chi connectivity index (χ1n) is 6.83. The Kier molecular flexibility index (Phi) is 2.57. The van der Waals surface area contributed by atoms with Crippen LogP contribution >= 0.6 is 0 Å². The van der Waals surface area contributed by atoms with Crippen LogP contribution in [0.2, 0.25) is 0 Å². The molecule has 104 valence electrons. The van der Waals surface area contributed by atoms with Gasteiger partial charge in [-0.25, -0.2) is 0 Å². The van der Waals surface area contributed by atoms with Crippen LogP contribution in [0.4, 0.5) is 0 Å². The van der Waals surface area contributed by atoms with Crippen molar-refractivity contribution >= 4 is 11.6 Å². The third kappa shape index (κ3) is 1.69. The summed E-state index contributed by atoms with van der Waals surface area (Å²) in [5.74, 6) is -0.0473. The standard InChI is InChI=1S/C17H12O4/c18-15-10-4-1-2-5-11(10)16(19)14(15)12-6-3-7-13-17(12)21-9-8-20-13/h1-7,14H,8-9H2. The van der Waals surface area contributed by atoms with Gasteiger partial charge in [0.1, 0.15) is 19.1 Å². The molecule has 0 fully saturated rings. The Labute approximate surface area is 121 Å². The normalized spacial score (nSPS) is 17.0. The quantitative estimate of drug-likeness (QED) is 0.753. The zero-order valence-electron chi connectivity index (χ0n) is 11.2. The fraction of sp³-hybridized carbons (Fsp3) is 0.176. The first-order chi connectivity index (χ1) is 10.3. The molecule has 0 atom stereocenters. The molecule has 21 heavy (non-hydrogen) atoms. The molecular weight excluding hydrogens is 268 g/mol. The van der Waals surface area contributed by atoms with E-state index in [1.165, 1.54) is 0 Å². The van der Waals surface area contributed by atoms with E-state index in [2.05, 4.69) is 0 Å². The number of fused-ring (bicyclic) bond motifs is 2. The van der Waals surface area contributed by atoms with Crippen LogP contribution in [0.25, 0.3) is 0 Å². The van der Waals surface area contributed by atoms with E-state index in [-0.39, 0.29) is 11.6 Å². The highest BCUT2D eigenvalue weighted by Crippen LogP contribution is 2.42. The highest BCUT2D eigenvalue weighted by atomic mass is 16.6. The second kappa shape index (κ2) is 4.45. The minimum Gasteiger partial charge on any atom is -0.486 e. The number of hydrogen-bond donors (Lipinski definition) is 0. The van der Waals surface area contributed by atoms with Gasteiger partial charge in [0.25, 0.3) is 0 Å². The van der Waals surface area contributed by atoms with E-state index in [1.807, 2.05) is 0 Å². The Hall–Kier alpha value is -2.62. The van der Waals surface area contributed by atoms with Crippen LogP contribution in [0.5, 0.6) is 11.5 Å². The molecule has 4 heteroatoms. The largest absolute Gasteiger partial charge is 0.486 e.